The Kier molecular flexibility index (Phi) is 3.43. The molecule has 2 heterocycles. The summed E-state index contributed by atoms with van der Waals surface area (Å²) in [6.07, 6.45) is 1.99. The van der Waals surface area contributed by atoms with E-state index in [0.29, 0.717) is 0 Å². The Hall–Kier alpha value is -1.36. The fraction of sp³-hybridized carbons (Fsp3) is 0.692. The van der Waals surface area contributed by atoms with Crippen molar-refractivity contribution < 1.29 is 4.79 Å². The lowest BCUT2D eigenvalue weighted by molar-refractivity contribution is -0.125. The van der Waals surface area contributed by atoms with Gasteiger partial charge in [-0.2, -0.15) is 5.10 Å². The molecule has 1 amide bonds. The van der Waals surface area contributed by atoms with E-state index >= 15 is 0 Å². The number of nitrogens with one attached hydrogen (secondary N) is 2. The van der Waals surface area contributed by atoms with Crippen molar-refractivity contribution in [1.29, 1.82) is 0 Å². The van der Waals surface area contributed by atoms with Crippen LogP contribution in [0.3, 0.4) is 0 Å². The minimum atomic E-state index is -0.313. The number of hydrogen-bond acceptors (Lipinski definition) is 3. The first-order valence-corrected chi connectivity index (χ1v) is 6.46. The number of nitrogens with zero attached hydrogens (tertiary/aromatic N) is 2. The maximum absolute atomic E-state index is 12.4. The van der Waals surface area contributed by atoms with Crippen LogP contribution < -0.4 is 10.6 Å². The molecule has 2 N–H and O–H groups in total. The lowest BCUT2D eigenvalue weighted by Crippen LogP contribution is -2.46. The van der Waals surface area contributed by atoms with Crippen molar-refractivity contribution in [3.63, 3.8) is 0 Å². The second-order valence-corrected chi connectivity index (χ2v) is 5.46. The van der Waals surface area contributed by atoms with Gasteiger partial charge in [0.1, 0.15) is 0 Å². The van der Waals surface area contributed by atoms with Crippen LogP contribution in [-0.4, -0.2) is 28.8 Å². The van der Waals surface area contributed by atoms with Crippen LogP contribution in [0, 0.1) is 19.3 Å². The Balaban J connectivity index is 2.16. The van der Waals surface area contributed by atoms with E-state index in [0.717, 1.165) is 43.0 Å². The molecule has 1 aromatic rings. The number of piperidine rings is 1. The number of rotatable bonds is 2. The van der Waals surface area contributed by atoms with Crippen LogP contribution in [0.15, 0.2) is 0 Å². The SMILES string of the molecule is Cc1nn(C)c(C)c1NC(=O)C1(C)CCCNC1. The summed E-state index contributed by atoms with van der Waals surface area (Å²) in [6.45, 7) is 7.67. The number of aromatic nitrogens is 2. The molecule has 1 fully saturated rings. The second kappa shape index (κ2) is 4.72. The van der Waals surface area contributed by atoms with Crippen LogP contribution >= 0.6 is 0 Å². The quantitative estimate of drug-likeness (QED) is 0.833. The monoisotopic (exact) mass is 250 g/mol. The van der Waals surface area contributed by atoms with Crippen LogP contribution in [0.4, 0.5) is 5.69 Å². The molecule has 0 spiro atoms. The Morgan fingerprint density at radius 2 is 2.22 bits per heavy atom. The van der Waals surface area contributed by atoms with Crippen LogP contribution in [0.2, 0.25) is 0 Å². The van der Waals surface area contributed by atoms with Crippen LogP contribution in [-0.2, 0) is 11.8 Å². The summed E-state index contributed by atoms with van der Waals surface area (Å²) in [5, 5.41) is 10.7. The summed E-state index contributed by atoms with van der Waals surface area (Å²) < 4.78 is 1.80. The zero-order valence-electron chi connectivity index (χ0n) is 11.6. The third kappa shape index (κ3) is 2.27. The van der Waals surface area contributed by atoms with E-state index in [2.05, 4.69) is 15.7 Å². The maximum Gasteiger partial charge on any atom is 0.231 e. The van der Waals surface area contributed by atoms with E-state index in [4.69, 9.17) is 0 Å². The van der Waals surface area contributed by atoms with E-state index in [-0.39, 0.29) is 11.3 Å². The maximum atomic E-state index is 12.4. The molecule has 100 valence electrons. The van der Waals surface area contributed by atoms with Crippen molar-refractivity contribution in [1.82, 2.24) is 15.1 Å². The van der Waals surface area contributed by atoms with Crippen LogP contribution in [0.25, 0.3) is 0 Å². The average molecular weight is 250 g/mol. The minimum absolute atomic E-state index is 0.0916. The van der Waals surface area contributed by atoms with E-state index < -0.39 is 0 Å². The molecule has 0 radical (unpaired) electrons. The molecule has 1 aliphatic heterocycles. The van der Waals surface area contributed by atoms with Gasteiger partial charge in [0, 0.05) is 13.6 Å². The number of amides is 1. The van der Waals surface area contributed by atoms with Gasteiger partial charge in [-0.3, -0.25) is 9.48 Å². The summed E-state index contributed by atoms with van der Waals surface area (Å²) in [6, 6.07) is 0. The third-order valence-electron chi connectivity index (χ3n) is 3.89. The molecule has 18 heavy (non-hydrogen) atoms. The molecule has 1 aromatic heterocycles. The van der Waals surface area contributed by atoms with Gasteiger partial charge in [0.25, 0.3) is 0 Å². The number of hydrogen-bond donors (Lipinski definition) is 2. The number of aryl methyl sites for hydroxylation is 2. The summed E-state index contributed by atoms with van der Waals surface area (Å²) >= 11 is 0. The smallest absolute Gasteiger partial charge is 0.231 e. The summed E-state index contributed by atoms with van der Waals surface area (Å²) in [5.74, 6) is 0.0916. The van der Waals surface area contributed by atoms with Crippen molar-refractivity contribution >= 4 is 11.6 Å². The Bertz CT molecular complexity index is 458. The number of carbonyl (C=O) groups is 1. The zero-order chi connectivity index (χ0) is 13.3. The second-order valence-electron chi connectivity index (χ2n) is 5.46. The van der Waals surface area contributed by atoms with E-state index in [1.807, 2.05) is 27.8 Å². The molecule has 5 nitrogen and oxygen atoms in total. The predicted octanol–water partition coefficient (Wildman–Crippen LogP) is 1.37. The van der Waals surface area contributed by atoms with Gasteiger partial charge in [-0.05, 0) is 40.2 Å². The molecule has 0 aliphatic carbocycles. The normalized spacial score (nSPS) is 24.0. The van der Waals surface area contributed by atoms with Crippen molar-refractivity contribution in [3.05, 3.63) is 11.4 Å². The topological polar surface area (TPSA) is 59.0 Å². The molecule has 1 aliphatic rings. The molecule has 1 saturated heterocycles. The van der Waals surface area contributed by atoms with E-state index in [1.54, 1.807) is 4.68 Å². The average Bonchev–Trinajstić information content (AvgIpc) is 2.57. The highest BCUT2D eigenvalue weighted by atomic mass is 16.2. The predicted molar refractivity (Wildman–Crippen MR) is 71.5 cm³/mol. The van der Waals surface area contributed by atoms with Gasteiger partial charge in [-0.15, -0.1) is 0 Å². The summed E-state index contributed by atoms with van der Waals surface area (Å²) in [5.41, 5.74) is 2.41. The van der Waals surface area contributed by atoms with Gasteiger partial charge in [0.2, 0.25) is 5.91 Å². The van der Waals surface area contributed by atoms with Gasteiger partial charge in [0.05, 0.1) is 22.5 Å². The van der Waals surface area contributed by atoms with Crippen molar-refractivity contribution in [3.8, 4) is 0 Å². The van der Waals surface area contributed by atoms with Crippen molar-refractivity contribution in [2.24, 2.45) is 12.5 Å². The summed E-state index contributed by atoms with van der Waals surface area (Å²) in [4.78, 5) is 12.4. The first kappa shape index (κ1) is 13.1. The molecule has 5 heteroatoms. The lowest BCUT2D eigenvalue weighted by atomic mass is 9.82. The van der Waals surface area contributed by atoms with Crippen LogP contribution in [0.1, 0.15) is 31.2 Å². The Labute approximate surface area is 108 Å². The number of carbonyl (C=O) groups excluding carboxylic acids is 1. The molecular formula is C13H22N4O. The zero-order valence-corrected chi connectivity index (χ0v) is 11.6. The molecule has 0 bridgehead atoms. The highest BCUT2D eigenvalue weighted by Crippen LogP contribution is 2.28. The highest BCUT2D eigenvalue weighted by Gasteiger charge is 2.35. The van der Waals surface area contributed by atoms with Crippen LogP contribution in [0.5, 0.6) is 0 Å². The fourth-order valence-electron chi connectivity index (χ4n) is 2.47. The molecule has 0 saturated carbocycles. The molecule has 2 rings (SSSR count). The Morgan fingerprint density at radius 1 is 1.50 bits per heavy atom. The van der Waals surface area contributed by atoms with Gasteiger partial charge < -0.3 is 10.6 Å². The third-order valence-corrected chi connectivity index (χ3v) is 3.89. The number of anilines is 1. The summed E-state index contributed by atoms with van der Waals surface area (Å²) in [7, 11) is 1.89. The van der Waals surface area contributed by atoms with E-state index in [9.17, 15) is 4.79 Å². The van der Waals surface area contributed by atoms with Gasteiger partial charge >= 0.3 is 0 Å². The molecule has 1 unspecified atom stereocenters. The first-order valence-electron chi connectivity index (χ1n) is 6.46. The van der Waals surface area contributed by atoms with Crippen molar-refractivity contribution in [2.75, 3.05) is 18.4 Å². The molecular weight excluding hydrogens is 228 g/mol. The van der Waals surface area contributed by atoms with Gasteiger partial charge in [-0.1, -0.05) is 0 Å². The highest BCUT2D eigenvalue weighted by molar-refractivity contribution is 5.96. The minimum Gasteiger partial charge on any atom is -0.322 e. The van der Waals surface area contributed by atoms with Crippen molar-refractivity contribution in [2.45, 2.75) is 33.6 Å². The Morgan fingerprint density at radius 3 is 2.72 bits per heavy atom. The standard InChI is InChI=1S/C13H22N4O/c1-9-11(10(2)17(4)16-9)15-12(18)13(3)6-5-7-14-8-13/h14H,5-8H2,1-4H3,(H,15,18). The van der Waals surface area contributed by atoms with Gasteiger partial charge in [-0.25, -0.2) is 0 Å². The van der Waals surface area contributed by atoms with E-state index in [1.165, 1.54) is 0 Å². The fourth-order valence-corrected chi connectivity index (χ4v) is 2.47. The van der Waals surface area contributed by atoms with Gasteiger partial charge in [0.15, 0.2) is 0 Å². The molecule has 1 atom stereocenters. The largest absolute Gasteiger partial charge is 0.322 e. The molecule has 0 aromatic carbocycles. The lowest BCUT2D eigenvalue weighted by Gasteiger charge is -2.32. The first-order chi connectivity index (χ1) is 8.44.